The predicted octanol–water partition coefficient (Wildman–Crippen LogP) is 6.73. The number of hydrogen-bond acceptors (Lipinski definition) is 1. The van der Waals surface area contributed by atoms with E-state index in [1.54, 1.807) is 7.11 Å². The van der Waals surface area contributed by atoms with Crippen molar-refractivity contribution in [3.63, 3.8) is 0 Å². The molecule has 0 fully saturated rings. The van der Waals surface area contributed by atoms with Gasteiger partial charge in [-0.1, -0.05) is 72.8 Å². The first kappa shape index (κ1) is 14.8. The van der Waals surface area contributed by atoms with Gasteiger partial charge < -0.3 is 4.74 Å². The third-order valence-electron chi connectivity index (χ3n) is 5.94. The summed E-state index contributed by atoms with van der Waals surface area (Å²) >= 11 is 0. The Bertz CT molecular complexity index is 1370. The van der Waals surface area contributed by atoms with Crippen LogP contribution < -0.4 is 4.74 Å². The summed E-state index contributed by atoms with van der Waals surface area (Å²) in [6, 6.07) is 28.6. The van der Waals surface area contributed by atoms with E-state index in [0.29, 0.717) is 0 Å². The zero-order valence-corrected chi connectivity index (χ0v) is 15.1. The number of ether oxygens (including phenoxy) is 1. The lowest BCUT2D eigenvalue weighted by Gasteiger charge is -2.14. The fourth-order valence-electron chi connectivity index (χ4n) is 4.77. The molecule has 6 rings (SSSR count). The molecule has 128 valence electrons. The highest BCUT2D eigenvalue weighted by Crippen LogP contribution is 2.48. The molecule has 0 spiro atoms. The van der Waals surface area contributed by atoms with Crippen LogP contribution in [0.3, 0.4) is 0 Å². The summed E-state index contributed by atoms with van der Waals surface area (Å²) in [5.74, 6) is 0.969. The van der Waals surface area contributed by atoms with Crippen LogP contribution in [0.15, 0.2) is 78.9 Å². The summed E-state index contributed by atoms with van der Waals surface area (Å²) < 4.78 is 5.76. The van der Waals surface area contributed by atoms with Crippen molar-refractivity contribution in [1.82, 2.24) is 0 Å². The Morgan fingerprint density at radius 1 is 0.593 bits per heavy atom. The van der Waals surface area contributed by atoms with E-state index in [9.17, 15) is 0 Å². The molecular weight excluding hydrogens is 328 g/mol. The van der Waals surface area contributed by atoms with Crippen LogP contribution >= 0.6 is 0 Å². The maximum Gasteiger partial charge on any atom is 0.127 e. The Labute approximate surface area is 157 Å². The molecule has 27 heavy (non-hydrogen) atoms. The number of rotatable bonds is 1. The van der Waals surface area contributed by atoms with Gasteiger partial charge in [0.2, 0.25) is 0 Å². The fourth-order valence-corrected chi connectivity index (χ4v) is 4.77. The maximum atomic E-state index is 5.76. The van der Waals surface area contributed by atoms with E-state index in [-0.39, 0.29) is 0 Å². The highest BCUT2D eigenvalue weighted by Gasteiger charge is 2.25. The molecule has 1 heteroatoms. The second kappa shape index (κ2) is 5.34. The zero-order chi connectivity index (χ0) is 18.0. The Morgan fingerprint density at radius 3 is 2.15 bits per heavy atom. The van der Waals surface area contributed by atoms with Gasteiger partial charge in [0.05, 0.1) is 7.11 Å². The van der Waals surface area contributed by atoms with E-state index in [1.165, 1.54) is 54.6 Å². The van der Waals surface area contributed by atoms with Crippen LogP contribution in [-0.2, 0) is 6.42 Å². The van der Waals surface area contributed by atoms with Crippen LogP contribution in [0.4, 0.5) is 0 Å². The number of hydrogen-bond donors (Lipinski definition) is 0. The largest absolute Gasteiger partial charge is 0.496 e. The summed E-state index contributed by atoms with van der Waals surface area (Å²) in [5, 5.41) is 7.88. The average Bonchev–Trinajstić information content (AvgIpc) is 3.12. The Kier molecular flexibility index (Phi) is 2.93. The van der Waals surface area contributed by atoms with E-state index in [2.05, 4.69) is 78.9 Å². The molecule has 5 aromatic carbocycles. The summed E-state index contributed by atoms with van der Waals surface area (Å²) in [5.41, 5.74) is 5.36. The Morgan fingerprint density at radius 2 is 1.30 bits per heavy atom. The highest BCUT2D eigenvalue weighted by atomic mass is 16.5. The smallest absolute Gasteiger partial charge is 0.127 e. The van der Waals surface area contributed by atoms with Crippen molar-refractivity contribution in [2.24, 2.45) is 0 Å². The highest BCUT2D eigenvalue weighted by molar-refractivity contribution is 6.25. The standard InChI is InChI=1S/C26H18O/c1-27-22-8-4-6-19-15-20-14-13-18-12-11-17-10-9-16-5-2-3-7-21(16)23(17)25(18)26(20)24(19)22/h2-14H,15H2,1H3. The minimum Gasteiger partial charge on any atom is -0.496 e. The molecular formula is C26H18O. The van der Waals surface area contributed by atoms with Crippen LogP contribution in [0.25, 0.3) is 43.4 Å². The molecule has 0 aliphatic heterocycles. The van der Waals surface area contributed by atoms with Gasteiger partial charge in [-0.05, 0) is 61.5 Å². The maximum absolute atomic E-state index is 5.76. The van der Waals surface area contributed by atoms with Gasteiger partial charge in [-0.15, -0.1) is 0 Å². The molecule has 0 heterocycles. The van der Waals surface area contributed by atoms with Gasteiger partial charge in [-0.3, -0.25) is 0 Å². The molecule has 0 unspecified atom stereocenters. The second-order valence-electron chi connectivity index (χ2n) is 7.32. The minimum atomic E-state index is 0.969. The summed E-state index contributed by atoms with van der Waals surface area (Å²) in [6.07, 6.45) is 0.971. The average molecular weight is 346 g/mol. The van der Waals surface area contributed by atoms with Gasteiger partial charge in [0.15, 0.2) is 0 Å². The van der Waals surface area contributed by atoms with Gasteiger partial charge >= 0.3 is 0 Å². The fraction of sp³-hybridized carbons (Fsp3) is 0.0769. The number of methoxy groups -OCH3 is 1. The van der Waals surface area contributed by atoms with Crippen molar-refractivity contribution in [2.45, 2.75) is 6.42 Å². The molecule has 0 N–H and O–H groups in total. The Hall–Kier alpha value is -3.32. The first-order valence-corrected chi connectivity index (χ1v) is 9.37. The SMILES string of the molecule is COc1cccc2c1-c1c(ccc3ccc4ccc5ccccc5c4c13)C2. The lowest BCUT2D eigenvalue weighted by atomic mass is 9.90. The third-order valence-corrected chi connectivity index (χ3v) is 5.94. The van der Waals surface area contributed by atoms with Crippen molar-refractivity contribution in [3.8, 4) is 16.9 Å². The van der Waals surface area contributed by atoms with Crippen molar-refractivity contribution in [2.75, 3.05) is 7.11 Å². The van der Waals surface area contributed by atoms with Crippen LogP contribution in [0.5, 0.6) is 5.75 Å². The molecule has 1 aliphatic carbocycles. The molecule has 5 aromatic rings. The molecule has 0 atom stereocenters. The summed E-state index contributed by atoms with van der Waals surface area (Å²) in [7, 11) is 1.77. The van der Waals surface area contributed by atoms with E-state index in [1.807, 2.05) is 0 Å². The van der Waals surface area contributed by atoms with E-state index in [4.69, 9.17) is 4.74 Å². The Balaban J connectivity index is 1.90. The summed E-state index contributed by atoms with van der Waals surface area (Å²) in [4.78, 5) is 0. The summed E-state index contributed by atoms with van der Waals surface area (Å²) in [6.45, 7) is 0. The number of fused-ring (bicyclic) bond motifs is 9. The van der Waals surface area contributed by atoms with Crippen LogP contribution in [0, 0.1) is 0 Å². The molecule has 1 aliphatic rings. The third kappa shape index (κ3) is 1.94. The molecule has 0 bridgehead atoms. The molecule has 0 saturated carbocycles. The lowest BCUT2D eigenvalue weighted by Crippen LogP contribution is -1.90. The molecule has 0 radical (unpaired) electrons. The first-order valence-electron chi connectivity index (χ1n) is 9.37. The van der Waals surface area contributed by atoms with Crippen molar-refractivity contribution < 1.29 is 4.74 Å². The van der Waals surface area contributed by atoms with Gasteiger partial charge in [0.1, 0.15) is 5.75 Å². The van der Waals surface area contributed by atoms with E-state index >= 15 is 0 Å². The van der Waals surface area contributed by atoms with E-state index in [0.717, 1.165) is 12.2 Å². The van der Waals surface area contributed by atoms with Crippen LogP contribution in [0.1, 0.15) is 11.1 Å². The quantitative estimate of drug-likeness (QED) is 0.300. The van der Waals surface area contributed by atoms with Gasteiger partial charge in [0, 0.05) is 5.56 Å². The molecule has 0 amide bonds. The normalized spacial score (nSPS) is 12.5. The molecule has 0 aromatic heterocycles. The van der Waals surface area contributed by atoms with Gasteiger partial charge in [-0.2, -0.15) is 0 Å². The van der Waals surface area contributed by atoms with Crippen molar-refractivity contribution in [1.29, 1.82) is 0 Å². The van der Waals surface area contributed by atoms with Gasteiger partial charge in [0.25, 0.3) is 0 Å². The number of benzene rings is 5. The molecule has 0 saturated heterocycles. The lowest BCUT2D eigenvalue weighted by molar-refractivity contribution is 0.416. The van der Waals surface area contributed by atoms with E-state index < -0.39 is 0 Å². The van der Waals surface area contributed by atoms with Crippen LogP contribution in [-0.4, -0.2) is 7.11 Å². The van der Waals surface area contributed by atoms with Crippen LogP contribution in [0.2, 0.25) is 0 Å². The first-order chi connectivity index (χ1) is 13.3. The second-order valence-corrected chi connectivity index (χ2v) is 7.32. The predicted molar refractivity (Wildman–Crippen MR) is 114 cm³/mol. The van der Waals surface area contributed by atoms with Gasteiger partial charge in [-0.25, -0.2) is 0 Å². The minimum absolute atomic E-state index is 0.969. The van der Waals surface area contributed by atoms with Crippen molar-refractivity contribution >= 4 is 32.3 Å². The zero-order valence-electron chi connectivity index (χ0n) is 15.1. The topological polar surface area (TPSA) is 9.23 Å². The monoisotopic (exact) mass is 346 g/mol. The van der Waals surface area contributed by atoms with Crippen molar-refractivity contribution in [3.05, 3.63) is 90.0 Å². The molecule has 1 nitrogen and oxygen atoms in total.